The molecule has 4 heteroatoms. The zero-order valence-electron chi connectivity index (χ0n) is 68.1. The van der Waals surface area contributed by atoms with Crippen LogP contribution in [0.4, 0.5) is 17.1 Å². The zero-order chi connectivity index (χ0) is 77.8. The number of nitrogens with zero attached hydrogens (tertiary/aromatic N) is 2. The third-order valence-electron chi connectivity index (χ3n) is 28.6. The Bertz CT molecular complexity index is 6940. The fraction of sp³-hybridized carbons (Fsp3) is 0.243. The lowest BCUT2D eigenvalue weighted by molar-refractivity contribution is 0.399. The van der Waals surface area contributed by atoms with E-state index in [4.69, 9.17) is 8.83 Å². The molecule has 0 radical (unpaired) electrons. The summed E-state index contributed by atoms with van der Waals surface area (Å²) in [6.45, 7) is 24.3. The third kappa shape index (κ3) is 9.96. The van der Waals surface area contributed by atoms with Crippen LogP contribution in [0, 0.1) is 0 Å². The summed E-state index contributed by atoms with van der Waals surface area (Å²) in [6.07, 6.45) is 15.4. The number of hydrogen-bond donors (Lipinski definition) is 0. The summed E-state index contributed by atoms with van der Waals surface area (Å²) < 4.78 is 17.0. The van der Waals surface area contributed by atoms with E-state index in [0.717, 1.165) is 61.5 Å². The molecule has 0 unspecified atom stereocenters. The van der Waals surface area contributed by atoms with Gasteiger partial charge in [0.05, 0.1) is 11.0 Å². The van der Waals surface area contributed by atoms with Crippen molar-refractivity contribution in [2.45, 2.75) is 173 Å². The van der Waals surface area contributed by atoms with Crippen LogP contribution in [-0.2, 0) is 27.1 Å². The molecule has 5 aliphatic rings. The summed E-state index contributed by atoms with van der Waals surface area (Å²) in [5.74, 6) is 0. The first-order valence-corrected chi connectivity index (χ1v) is 42.8. The Morgan fingerprint density at radius 3 is 1.40 bits per heavy atom. The van der Waals surface area contributed by atoms with Gasteiger partial charge in [0.2, 0.25) is 0 Å². The summed E-state index contributed by atoms with van der Waals surface area (Å²) in [6, 6.07) is 102. The molecule has 0 bridgehead atoms. The van der Waals surface area contributed by atoms with Crippen molar-refractivity contribution in [1.82, 2.24) is 4.57 Å². The van der Waals surface area contributed by atoms with E-state index >= 15 is 0 Å². The second-order valence-electron chi connectivity index (χ2n) is 36.4. The second kappa shape index (κ2) is 25.6. The molecule has 3 aromatic heterocycles. The van der Waals surface area contributed by atoms with Gasteiger partial charge in [-0.1, -0.05) is 309 Å². The highest BCUT2D eigenvalue weighted by Gasteiger charge is 2.50. The van der Waals surface area contributed by atoms with Crippen molar-refractivity contribution < 1.29 is 8.83 Å². The lowest BCUT2D eigenvalue weighted by Crippen LogP contribution is -2.25. The smallest absolute Gasteiger partial charge is 0.144 e. The molecule has 4 nitrogen and oxygen atoms in total. The van der Waals surface area contributed by atoms with E-state index in [-0.39, 0.29) is 16.2 Å². The first-order chi connectivity index (χ1) is 56.0. The molecule has 17 aromatic rings. The van der Waals surface area contributed by atoms with Gasteiger partial charge in [0.1, 0.15) is 22.3 Å². The van der Waals surface area contributed by atoms with E-state index in [1.807, 2.05) is 0 Å². The summed E-state index contributed by atoms with van der Waals surface area (Å²) in [5, 5.41) is 7.15. The highest BCUT2D eigenvalue weighted by Crippen LogP contribution is 2.65. The molecule has 14 aromatic carbocycles. The SMILES string of the molecule is CCCCCCCC1(CCCCCCC)c2ccccc2-c2ccc(-c3ccc4c(c3)C(C)(C)c3cc(-c5cc6c(c7c5oc5ccccc57)-c5ccc(N(c7ccc8c(c7)C(C)(C)c7c9c(c%10c(oc%11ccccc%11%10)c7-8)-c7ccccc7C9(C)C)c7ccc8c9ccccc9n(-c9ccccc9)c8c7)cc5C6(C)C)ccc3-4)cc21. The standard InChI is InChI=1S/C111H98N2O2/c1-11-13-15-17-32-58-111(59-33-18-16-14-12-2)87-42-28-22-36-74(87)77-53-47-68(61-92(77)111)67-46-52-75-76-54-48-69(62-89(76)107(3,4)88(75)60-67)85-66-93-98(100-83-39-25-30-44-96(83)114-105(85)100)81-56-50-71(63-90(81)108(93,5)6)112(73-49-55-79-78-37-24-29-43-94(78)113(95(79)65-73)70-34-20-19-21-35-70)72-51-57-82-91(64-72)110(9,10)104-102(82)106-101(84-40-26-31-45-97(84)115-106)99-80-38-23-27-41-86(80)109(7,8)103(99)104/h19-31,34-57,60-66H,11-18,32-33,58-59H2,1-10H3. The Balaban J connectivity index is 0.671. The molecular weight excluding hydrogens is 1390 g/mol. The number of unbranched alkanes of at least 4 members (excludes halogenated alkanes) is 8. The predicted molar refractivity (Wildman–Crippen MR) is 484 cm³/mol. The first kappa shape index (κ1) is 70.0. The van der Waals surface area contributed by atoms with Gasteiger partial charge in [-0.2, -0.15) is 0 Å². The second-order valence-corrected chi connectivity index (χ2v) is 36.4. The van der Waals surface area contributed by atoms with Gasteiger partial charge in [0, 0.05) is 93.3 Å². The van der Waals surface area contributed by atoms with Crippen LogP contribution in [0.2, 0.25) is 0 Å². The number of para-hydroxylation sites is 4. The third-order valence-corrected chi connectivity index (χ3v) is 28.6. The van der Waals surface area contributed by atoms with E-state index < -0.39 is 10.8 Å². The fourth-order valence-electron chi connectivity index (χ4n) is 22.9. The summed E-state index contributed by atoms with van der Waals surface area (Å²) >= 11 is 0. The molecule has 0 fully saturated rings. The Morgan fingerprint density at radius 2 is 0.730 bits per heavy atom. The molecule has 0 aliphatic heterocycles. The van der Waals surface area contributed by atoms with Crippen LogP contribution >= 0.6 is 0 Å². The van der Waals surface area contributed by atoms with Crippen molar-refractivity contribution in [3.8, 4) is 83.6 Å². The molecule has 5 aliphatic carbocycles. The lowest BCUT2D eigenvalue weighted by atomic mass is 9.70. The normalized spacial score (nSPS) is 15.5. The van der Waals surface area contributed by atoms with Crippen molar-refractivity contribution in [3.63, 3.8) is 0 Å². The molecule has 564 valence electrons. The van der Waals surface area contributed by atoms with Crippen LogP contribution in [0.1, 0.15) is 202 Å². The highest BCUT2D eigenvalue weighted by atomic mass is 16.3. The average Bonchev–Trinajstić information content (AvgIpc) is 1.50. The first-order valence-electron chi connectivity index (χ1n) is 42.8. The topological polar surface area (TPSA) is 34.5 Å². The molecular formula is C111H98N2O2. The molecule has 0 saturated heterocycles. The van der Waals surface area contributed by atoms with Crippen molar-refractivity contribution >= 4 is 82.7 Å². The maximum atomic E-state index is 7.31. The van der Waals surface area contributed by atoms with Crippen LogP contribution in [0.25, 0.3) is 149 Å². The van der Waals surface area contributed by atoms with E-state index in [9.17, 15) is 0 Å². The Kier molecular flexibility index (Phi) is 15.6. The maximum absolute atomic E-state index is 7.31. The van der Waals surface area contributed by atoms with Crippen LogP contribution in [0.5, 0.6) is 0 Å². The van der Waals surface area contributed by atoms with Gasteiger partial charge in [-0.05, 0) is 226 Å². The van der Waals surface area contributed by atoms with E-state index in [1.165, 1.54) is 226 Å². The number of anilines is 3. The van der Waals surface area contributed by atoms with Crippen molar-refractivity contribution in [1.29, 1.82) is 0 Å². The van der Waals surface area contributed by atoms with Crippen molar-refractivity contribution in [2.24, 2.45) is 0 Å². The summed E-state index contributed by atoms with van der Waals surface area (Å²) in [4.78, 5) is 2.55. The minimum absolute atomic E-state index is 0.0214. The lowest BCUT2D eigenvalue weighted by Gasteiger charge is -2.33. The molecule has 0 saturated carbocycles. The maximum Gasteiger partial charge on any atom is 0.144 e. The molecule has 0 atom stereocenters. The fourth-order valence-corrected chi connectivity index (χ4v) is 22.9. The Labute approximate surface area is 676 Å². The van der Waals surface area contributed by atoms with E-state index in [2.05, 4.69) is 346 Å². The number of aromatic nitrogens is 1. The van der Waals surface area contributed by atoms with E-state index in [1.54, 1.807) is 11.1 Å². The Morgan fingerprint density at radius 1 is 0.287 bits per heavy atom. The van der Waals surface area contributed by atoms with Gasteiger partial charge in [-0.25, -0.2) is 0 Å². The van der Waals surface area contributed by atoms with Gasteiger partial charge in [0.25, 0.3) is 0 Å². The minimum atomic E-state index is -0.437. The van der Waals surface area contributed by atoms with E-state index in [0.29, 0.717) is 0 Å². The molecule has 0 amide bonds. The van der Waals surface area contributed by atoms with Gasteiger partial charge in [-0.15, -0.1) is 0 Å². The van der Waals surface area contributed by atoms with Crippen LogP contribution in [0.15, 0.2) is 276 Å². The molecule has 22 rings (SSSR count). The number of fused-ring (bicyclic) bond motifs is 28. The monoisotopic (exact) mass is 1490 g/mol. The quantitative estimate of drug-likeness (QED) is 0.0803. The number of furan rings is 2. The minimum Gasteiger partial charge on any atom is -0.455 e. The number of rotatable bonds is 18. The van der Waals surface area contributed by atoms with Crippen molar-refractivity contribution in [2.75, 3.05) is 4.90 Å². The average molecular weight is 1490 g/mol. The molecule has 3 heterocycles. The molecule has 115 heavy (non-hydrogen) atoms. The highest BCUT2D eigenvalue weighted by molar-refractivity contribution is 6.22. The van der Waals surface area contributed by atoms with Crippen LogP contribution in [0.3, 0.4) is 0 Å². The van der Waals surface area contributed by atoms with Gasteiger partial charge in [-0.3, -0.25) is 0 Å². The van der Waals surface area contributed by atoms with Gasteiger partial charge >= 0.3 is 0 Å². The summed E-state index contributed by atoms with van der Waals surface area (Å²) in [7, 11) is 0. The number of hydrogen-bond acceptors (Lipinski definition) is 3. The van der Waals surface area contributed by atoms with Crippen LogP contribution < -0.4 is 4.90 Å². The van der Waals surface area contributed by atoms with Crippen molar-refractivity contribution in [3.05, 3.63) is 323 Å². The van der Waals surface area contributed by atoms with Crippen LogP contribution in [-0.4, -0.2) is 4.57 Å². The largest absolute Gasteiger partial charge is 0.455 e. The Hall–Kier alpha value is -11.7. The zero-order valence-corrected chi connectivity index (χ0v) is 68.1. The summed E-state index contributed by atoms with van der Waals surface area (Å²) in [5.41, 5.74) is 41.0. The van der Waals surface area contributed by atoms with Gasteiger partial charge < -0.3 is 18.3 Å². The molecule has 0 spiro atoms. The van der Waals surface area contributed by atoms with Gasteiger partial charge in [0.15, 0.2) is 0 Å². The number of benzene rings is 14. The predicted octanol–water partition coefficient (Wildman–Crippen LogP) is 31.6. The molecule has 0 N–H and O–H groups in total.